The molecule has 1 aliphatic heterocycles. The Hall–Kier alpha value is -1.39. The van der Waals surface area contributed by atoms with E-state index in [1.807, 2.05) is 7.05 Å². The highest BCUT2D eigenvalue weighted by atomic mass is 16.5. The van der Waals surface area contributed by atoms with Gasteiger partial charge < -0.3 is 14.8 Å². The minimum absolute atomic E-state index is 0.0894. The highest BCUT2D eigenvalue weighted by Gasteiger charge is 2.33. The Kier molecular flexibility index (Phi) is 3.76. The maximum absolute atomic E-state index is 12.3. The summed E-state index contributed by atoms with van der Waals surface area (Å²) in [6, 6.07) is 7.32. The van der Waals surface area contributed by atoms with E-state index in [0.29, 0.717) is 18.8 Å². The number of ketones is 1. The highest BCUT2D eigenvalue weighted by Crippen LogP contribution is 2.20. The summed E-state index contributed by atoms with van der Waals surface area (Å²) in [6.45, 7) is 1.10. The molecule has 1 aromatic carbocycles. The lowest BCUT2D eigenvalue weighted by atomic mass is 9.93. The maximum atomic E-state index is 12.3. The van der Waals surface area contributed by atoms with Gasteiger partial charge in [0.05, 0.1) is 26.2 Å². The third-order valence-electron chi connectivity index (χ3n) is 3.16. The number of nitrogens with one attached hydrogen (secondary N) is 1. The molecule has 1 aliphatic rings. The summed E-state index contributed by atoms with van der Waals surface area (Å²) in [4.78, 5) is 12.3. The summed E-state index contributed by atoms with van der Waals surface area (Å²) in [5.74, 6) is 0.798. The van der Waals surface area contributed by atoms with Crippen LogP contribution in [0.15, 0.2) is 24.3 Å². The average Bonchev–Trinajstić information content (AvgIpc) is 2.86. The van der Waals surface area contributed by atoms with Gasteiger partial charge in [-0.3, -0.25) is 4.79 Å². The fourth-order valence-electron chi connectivity index (χ4n) is 2.07. The van der Waals surface area contributed by atoms with Gasteiger partial charge in [0.15, 0.2) is 5.78 Å². The van der Waals surface area contributed by atoms with Gasteiger partial charge in [0, 0.05) is 11.6 Å². The van der Waals surface area contributed by atoms with Gasteiger partial charge in [-0.1, -0.05) is 0 Å². The molecule has 1 N–H and O–H groups in total. The Morgan fingerprint density at radius 3 is 2.65 bits per heavy atom. The Balaban J connectivity index is 2.13. The predicted octanol–water partition coefficient (Wildman–Crippen LogP) is 1.11. The van der Waals surface area contributed by atoms with E-state index in [4.69, 9.17) is 9.47 Å². The van der Waals surface area contributed by atoms with E-state index in [0.717, 1.165) is 5.75 Å². The minimum atomic E-state index is -0.0894. The molecule has 0 bridgehead atoms. The molecule has 1 heterocycles. The zero-order valence-corrected chi connectivity index (χ0v) is 10.1. The second-order valence-corrected chi connectivity index (χ2v) is 4.13. The summed E-state index contributed by atoms with van der Waals surface area (Å²) < 4.78 is 10.4. The number of methoxy groups -OCH3 is 1. The summed E-state index contributed by atoms with van der Waals surface area (Å²) in [7, 11) is 3.46. The van der Waals surface area contributed by atoms with E-state index in [9.17, 15) is 4.79 Å². The first-order chi connectivity index (χ1) is 8.26. The Morgan fingerprint density at radius 1 is 1.35 bits per heavy atom. The molecule has 1 aromatic rings. The topological polar surface area (TPSA) is 47.6 Å². The van der Waals surface area contributed by atoms with Crippen molar-refractivity contribution < 1.29 is 14.3 Å². The molecule has 0 spiro atoms. The largest absolute Gasteiger partial charge is 0.497 e. The standard InChI is InChI=1S/C13H17NO3/c1-14-12-8-17-7-11(12)13(15)9-3-5-10(16-2)6-4-9/h3-6,11-12,14H,7-8H2,1-2H3. The molecule has 0 aromatic heterocycles. The van der Waals surface area contributed by atoms with Crippen LogP contribution in [-0.2, 0) is 4.74 Å². The van der Waals surface area contributed by atoms with Crippen molar-refractivity contribution in [3.63, 3.8) is 0 Å². The van der Waals surface area contributed by atoms with Crippen molar-refractivity contribution in [2.24, 2.45) is 5.92 Å². The van der Waals surface area contributed by atoms with Crippen LogP contribution in [0.3, 0.4) is 0 Å². The van der Waals surface area contributed by atoms with Crippen LogP contribution in [0, 0.1) is 5.92 Å². The van der Waals surface area contributed by atoms with Crippen molar-refractivity contribution in [3.8, 4) is 5.75 Å². The van der Waals surface area contributed by atoms with Crippen LogP contribution in [0.2, 0.25) is 0 Å². The number of ether oxygens (including phenoxy) is 2. The molecule has 92 valence electrons. The van der Waals surface area contributed by atoms with Gasteiger partial charge in [-0.2, -0.15) is 0 Å². The molecule has 1 saturated heterocycles. The summed E-state index contributed by atoms with van der Waals surface area (Å²) in [5.41, 5.74) is 0.710. The van der Waals surface area contributed by atoms with Crippen molar-refractivity contribution in [2.45, 2.75) is 6.04 Å². The molecule has 0 aliphatic carbocycles. The first-order valence-corrected chi connectivity index (χ1v) is 5.69. The smallest absolute Gasteiger partial charge is 0.169 e. The number of rotatable bonds is 4. The number of hydrogen-bond acceptors (Lipinski definition) is 4. The van der Waals surface area contributed by atoms with Crippen LogP contribution >= 0.6 is 0 Å². The van der Waals surface area contributed by atoms with Gasteiger partial charge in [0.1, 0.15) is 5.75 Å². The van der Waals surface area contributed by atoms with Crippen molar-refractivity contribution in [3.05, 3.63) is 29.8 Å². The van der Waals surface area contributed by atoms with Crippen molar-refractivity contribution in [1.29, 1.82) is 0 Å². The third kappa shape index (κ3) is 2.48. The van der Waals surface area contributed by atoms with Gasteiger partial charge in [0.25, 0.3) is 0 Å². The Morgan fingerprint density at radius 2 is 2.06 bits per heavy atom. The summed E-state index contributed by atoms with van der Waals surface area (Å²) in [5, 5.41) is 3.12. The molecule has 4 nitrogen and oxygen atoms in total. The van der Waals surface area contributed by atoms with E-state index >= 15 is 0 Å². The fourth-order valence-corrected chi connectivity index (χ4v) is 2.07. The van der Waals surface area contributed by atoms with E-state index in [2.05, 4.69) is 5.32 Å². The predicted molar refractivity (Wildman–Crippen MR) is 64.5 cm³/mol. The SMILES string of the molecule is CNC1COCC1C(=O)c1ccc(OC)cc1. The van der Waals surface area contributed by atoms with Crippen molar-refractivity contribution in [1.82, 2.24) is 5.32 Å². The number of likely N-dealkylation sites (N-methyl/N-ethyl adjacent to an activating group) is 1. The molecule has 2 rings (SSSR count). The lowest BCUT2D eigenvalue weighted by molar-refractivity contribution is 0.0892. The number of Topliss-reactive ketones (excluding diaryl/α,β-unsaturated/α-hetero) is 1. The second-order valence-electron chi connectivity index (χ2n) is 4.13. The number of hydrogen-bond donors (Lipinski definition) is 1. The van der Waals surface area contributed by atoms with E-state index in [1.54, 1.807) is 31.4 Å². The van der Waals surface area contributed by atoms with Crippen LogP contribution < -0.4 is 10.1 Å². The van der Waals surface area contributed by atoms with Crippen LogP contribution in [0.4, 0.5) is 0 Å². The van der Waals surface area contributed by atoms with Crippen molar-refractivity contribution in [2.75, 3.05) is 27.4 Å². The lowest BCUT2D eigenvalue weighted by Crippen LogP contribution is -2.36. The quantitative estimate of drug-likeness (QED) is 0.794. The molecular weight excluding hydrogens is 218 g/mol. The molecule has 0 amide bonds. The van der Waals surface area contributed by atoms with Gasteiger partial charge in [0.2, 0.25) is 0 Å². The second kappa shape index (κ2) is 5.29. The van der Waals surface area contributed by atoms with Crippen LogP contribution in [-0.4, -0.2) is 39.2 Å². The van der Waals surface area contributed by atoms with Gasteiger partial charge in [-0.15, -0.1) is 0 Å². The maximum Gasteiger partial charge on any atom is 0.169 e. The first-order valence-electron chi connectivity index (χ1n) is 5.69. The number of benzene rings is 1. The van der Waals surface area contributed by atoms with Crippen molar-refractivity contribution >= 4 is 5.78 Å². The van der Waals surface area contributed by atoms with Gasteiger partial charge >= 0.3 is 0 Å². The third-order valence-corrected chi connectivity index (χ3v) is 3.16. The van der Waals surface area contributed by atoms with Crippen LogP contribution in [0.5, 0.6) is 5.75 Å². The molecule has 17 heavy (non-hydrogen) atoms. The monoisotopic (exact) mass is 235 g/mol. The minimum Gasteiger partial charge on any atom is -0.497 e. The molecule has 2 unspecified atom stereocenters. The van der Waals surface area contributed by atoms with Gasteiger partial charge in [-0.25, -0.2) is 0 Å². The zero-order chi connectivity index (χ0) is 12.3. The normalized spacial score (nSPS) is 23.6. The first kappa shape index (κ1) is 12.1. The number of carbonyl (C=O) groups excluding carboxylic acids is 1. The average molecular weight is 235 g/mol. The molecule has 0 saturated carbocycles. The highest BCUT2D eigenvalue weighted by molar-refractivity contribution is 5.98. The zero-order valence-electron chi connectivity index (χ0n) is 10.1. The van der Waals surface area contributed by atoms with E-state index < -0.39 is 0 Å². The molecule has 4 heteroatoms. The summed E-state index contributed by atoms with van der Waals surface area (Å²) >= 11 is 0. The van der Waals surface area contributed by atoms with E-state index in [-0.39, 0.29) is 17.7 Å². The van der Waals surface area contributed by atoms with Crippen LogP contribution in [0.1, 0.15) is 10.4 Å². The summed E-state index contributed by atoms with van der Waals surface area (Å²) in [6.07, 6.45) is 0. The molecule has 0 radical (unpaired) electrons. The van der Waals surface area contributed by atoms with Gasteiger partial charge in [-0.05, 0) is 31.3 Å². The van der Waals surface area contributed by atoms with E-state index in [1.165, 1.54) is 0 Å². The molecule has 2 atom stereocenters. The molecule has 1 fully saturated rings. The Labute approximate surface area is 101 Å². The fraction of sp³-hybridized carbons (Fsp3) is 0.462. The van der Waals surface area contributed by atoms with Crippen LogP contribution in [0.25, 0.3) is 0 Å². The lowest BCUT2D eigenvalue weighted by Gasteiger charge is -2.15. The Bertz CT molecular complexity index is 388. The molecular formula is C13H17NO3. The number of carbonyl (C=O) groups is 1.